The van der Waals surface area contributed by atoms with Gasteiger partial charge in [0, 0.05) is 14.9 Å². The molecule has 1 aliphatic rings. The van der Waals surface area contributed by atoms with Gasteiger partial charge in [-0.1, -0.05) is 29.8 Å². The molecule has 138 valence electrons. The SMILES string of the molecule is CCCOC(=O)c1c(NC(=O)c2ccc(Br)cc2)sc2c1CC[C@H](C)C2. The van der Waals surface area contributed by atoms with Gasteiger partial charge in [-0.25, -0.2) is 4.79 Å². The maximum atomic E-state index is 12.6. The summed E-state index contributed by atoms with van der Waals surface area (Å²) in [6, 6.07) is 7.16. The van der Waals surface area contributed by atoms with E-state index in [0.717, 1.165) is 35.7 Å². The minimum atomic E-state index is -0.329. The van der Waals surface area contributed by atoms with Gasteiger partial charge < -0.3 is 10.1 Å². The van der Waals surface area contributed by atoms with E-state index in [0.29, 0.717) is 28.7 Å². The number of hydrogen-bond acceptors (Lipinski definition) is 4. The fraction of sp³-hybridized carbons (Fsp3) is 0.400. The Balaban J connectivity index is 1.91. The van der Waals surface area contributed by atoms with Crippen molar-refractivity contribution in [3.05, 3.63) is 50.3 Å². The molecule has 0 radical (unpaired) electrons. The van der Waals surface area contributed by atoms with Gasteiger partial charge >= 0.3 is 5.97 Å². The van der Waals surface area contributed by atoms with Crippen LogP contribution >= 0.6 is 27.3 Å². The first-order valence-corrected chi connectivity index (χ1v) is 10.5. The van der Waals surface area contributed by atoms with Crippen molar-refractivity contribution in [3.63, 3.8) is 0 Å². The van der Waals surface area contributed by atoms with E-state index < -0.39 is 0 Å². The number of benzene rings is 1. The minimum Gasteiger partial charge on any atom is -0.462 e. The number of nitrogens with one attached hydrogen (secondary N) is 1. The topological polar surface area (TPSA) is 55.4 Å². The molecule has 0 aliphatic heterocycles. The number of amides is 1. The highest BCUT2D eigenvalue weighted by atomic mass is 79.9. The average Bonchev–Trinajstić information content (AvgIpc) is 2.97. The number of thiophene rings is 1. The second-order valence-electron chi connectivity index (χ2n) is 6.65. The summed E-state index contributed by atoms with van der Waals surface area (Å²) in [5, 5.41) is 3.55. The van der Waals surface area contributed by atoms with Crippen LogP contribution in [0, 0.1) is 5.92 Å². The standard InChI is InChI=1S/C20H22BrNO3S/c1-3-10-25-20(24)17-15-9-4-12(2)11-16(15)26-19(17)22-18(23)13-5-7-14(21)8-6-13/h5-8,12H,3-4,9-11H2,1-2H3,(H,22,23)/t12-/m0/s1. The van der Waals surface area contributed by atoms with Crippen molar-refractivity contribution in [2.75, 3.05) is 11.9 Å². The summed E-state index contributed by atoms with van der Waals surface area (Å²) < 4.78 is 6.30. The first-order chi connectivity index (χ1) is 12.5. The van der Waals surface area contributed by atoms with Gasteiger partial charge in [-0.15, -0.1) is 11.3 Å². The Hall–Kier alpha value is -1.66. The average molecular weight is 436 g/mol. The Kier molecular flexibility index (Phi) is 6.14. The Morgan fingerprint density at radius 1 is 1.31 bits per heavy atom. The van der Waals surface area contributed by atoms with Crippen LogP contribution in [0.2, 0.25) is 0 Å². The molecular weight excluding hydrogens is 414 g/mol. The molecule has 1 aromatic carbocycles. The summed E-state index contributed by atoms with van der Waals surface area (Å²) >= 11 is 4.88. The summed E-state index contributed by atoms with van der Waals surface area (Å²) in [5.41, 5.74) is 2.16. The fourth-order valence-corrected chi connectivity index (χ4v) is 4.76. The molecule has 0 spiro atoms. The highest BCUT2D eigenvalue weighted by Gasteiger charge is 2.29. The second-order valence-corrected chi connectivity index (χ2v) is 8.67. The van der Waals surface area contributed by atoms with Gasteiger partial charge in [0.1, 0.15) is 5.00 Å². The number of esters is 1. The molecule has 1 N–H and O–H groups in total. The molecule has 0 unspecified atom stereocenters. The van der Waals surface area contributed by atoms with E-state index in [1.165, 1.54) is 16.2 Å². The van der Waals surface area contributed by atoms with Crippen molar-refractivity contribution in [2.45, 2.75) is 39.5 Å². The Morgan fingerprint density at radius 3 is 2.73 bits per heavy atom. The highest BCUT2D eigenvalue weighted by Crippen LogP contribution is 2.40. The van der Waals surface area contributed by atoms with E-state index >= 15 is 0 Å². The largest absolute Gasteiger partial charge is 0.462 e. The number of carbonyl (C=O) groups excluding carboxylic acids is 2. The van der Waals surface area contributed by atoms with Crippen molar-refractivity contribution in [2.24, 2.45) is 5.92 Å². The van der Waals surface area contributed by atoms with Gasteiger partial charge in [0.15, 0.2) is 0 Å². The van der Waals surface area contributed by atoms with Crippen molar-refractivity contribution >= 4 is 44.1 Å². The van der Waals surface area contributed by atoms with Crippen LogP contribution in [0.3, 0.4) is 0 Å². The lowest BCUT2D eigenvalue weighted by atomic mass is 9.88. The van der Waals surface area contributed by atoms with Gasteiger partial charge in [-0.2, -0.15) is 0 Å². The van der Waals surface area contributed by atoms with Gasteiger partial charge in [0.05, 0.1) is 12.2 Å². The predicted molar refractivity (Wildman–Crippen MR) is 108 cm³/mol. The number of hydrogen-bond donors (Lipinski definition) is 1. The van der Waals surface area contributed by atoms with Crippen molar-refractivity contribution in [3.8, 4) is 0 Å². The molecule has 0 saturated carbocycles. The zero-order valence-corrected chi connectivity index (χ0v) is 17.3. The quantitative estimate of drug-likeness (QED) is 0.634. The molecule has 1 heterocycles. The third kappa shape index (κ3) is 4.18. The van der Waals surface area contributed by atoms with E-state index in [-0.39, 0.29) is 11.9 Å². The summed E-state index contributed by atoms with van der Waals surface area (Å²) in [7, 11) is 0. The summed E-state index contributed by atoms with van der Waals surface area (Å²) in [5.74, 6) is 0.0504. The summed E-state index contributed by atoms with van der Waals surface area (Å²) in [6.07, 6.45) is 3.63. The van der Waals surface area contributed by atoms with Gasteiger partial charge in [0.25, 0.3) is 5.91 Å². The monoisotopic (exact) mass is 435 g/mol. The van der Waals surface area contributed by atoms with Crippen molar-refractivity contribution in [1.82, 2.24) is 0 Å². The Morgan fingerprint density at radius 2 is 2.04 bits per heavy atom. The Bertz CT molecular complexity index is 813. The molecule has 3 rings (SSSR count). The maximum absolute atomic E-state index is 12.6. The number of anilines is 1. The van der Waals surface area contributed by atoms with Crippen LogP contribution < -0.4 is 5.32 Å². The van der Waals surface area contributed by atoms with Crippen LogP contribution in [0.5, 0.6) is 0 Å². The molecule has 1 aromatic heterocycles. The number of ether oxygens (including phenoxy) is 1. The molecular formula is C20H22BrNO3S. The molecule has 26 heavy (non-hydrogen) atoms. The van der Waals surface area contributed by atoms with Crippen LogP contribution in [0.4, 0.5) is 5.00 Å². The minimum absolute atomic E-state index is 0.214. The van der Waals surface area contributed by atoms with Crippen LogP contribution in [-0.4, -0.2) is 18.5 Å². The van der Waals surface area contributed by atoms with Gasteiger partial charge in [-0.3, -0.25) is 4.79 Å². The lowest BCUT2D eigenvalue weighted by Crippen LogP contribution is -2.17. The van der Waals surface area contributed by atoms with Gasteiger partial charge in [-0.05, 0) is 61.4 Å². The van der Waals surface area contributed by atoms with E-state index in [2.05, 4.69) is 28.2 Å². The number of fused-ring (bicyclic) bond motifs is 1. The molecule has 0 bridgehead atoms. The number of rotatable bonds is 5. The van der Waals surface area contributed by atoms with E-state index in [1.54, 1.807) is 12.1 Å². The zero-order valence-electron chi connectivity index (χ0n) is 14.9. The van der Waals surface area contributed by atoms with E-state index in [9.17, 15) is 9.59 Å². The molecule has 2 aromatic rings. The van der Waals surface area contributed by atoms with Crippen LogP contribution in [0.1, 0.15) is 57.8 Å². The molecule has 6 heteroatoms. The first-order valence-electron chi connectivity index (χ1n) is 8.88. The summed E-state index contributed by atoms with van der Waals surface area (Å²) in [6.45, 7) is 4.58. The molecule has 0 fully saturated rings. The molecule has 4 nitrogen and oxygen atoms in total. The highest BCUT2D eigenvalue weighted by molar-refractivity contribution is 9.10. The third-order valence-corrected chi connectivity index (χ3v) is 6.19. The van der Waals surface area contributed by atoms with Crippen LogP contribution in [0.15, 0.2) is 28.7 Å². The second kappa shape index (κ2) is 8.35. The number of halogens is 1. The van der Waals surface area contributed by atoms with E-state index in [1.807, 2.05) is 19.1 Å². The molecule has 1 amide bonds. The van der Waals surface area contributed by atoms with Gasteiger partial charge in [0.2, 0.25) is 0 Å². The predicted octanol–water partition coefficient (Wildman–Crippen LogP) is 5.45. The fourth-order valence-electron chi connectivity index (χ4n) is 3.10. The van der Waals surface area contributed by atoms with Crippen molar-refractivity contribution < 1.29 is 14.3 Å². The maximum Gasteiger partial charge on any atom is 0.341 e. The lowest BCUT2D eigenvalue weighted by Gasteiger charge is -2.18. The third-order valence-electron chi connectivity index (χ3n) is 4.49. The smallest absolute Gasteiger partial charge is 0.341 e. The Labute approximate surface area is 166 Å². The van der Waals surface area contributed by atoms with Crippen LogP contribution in [0.25, 0.3) is 0 Å². The molecule has 1 atom stereocenters. The van der Waals surface area contributed by atoms with Crippen LogP contribution in [-0.2, 0) is 17.6 Å². The zero-order chi connectivity index (χ0) is 18.7. The first kappa shape index (κ1) is 19.1. The van der Waals surface area contributed by atoms with E-state index in [4.69, 9.17) is 4.74 Å². The molecule has 1 aliphatic carbocycles. The normalized spacial score (nSPS) is 16.0. The van der Waals surface area contributed by atoms with Crippen molar-refractivity contribution in [1.29, 1.82) is 0 Å². The number of carbonyl (C=O) groups is 2. The lowest BCUT2D eigenvalue weighted by molar-refractivity contribution is 0.0505. The molecule has 0 saturated heterocycles. The summed E-state index contributed by atoms with van der Waals surface area (Å²) in [4.78, 5) is 26.4.